The second-order valence-electron chi connectivity index (χ2n) is 18.3. The molecule has 0 bridgehead atoms. The highest BCUT2D eigenvalue weighted by Crippen LogP contribution is 2.23. The van der Waals surface area contributed by atoms with Crippen molar-refractivity contribution in [3.8, 4) is 0 Å². The van der Waals surface area contributed by atoms with Crippen LogP contribution >= 0.6 is 0 Å². The van der Waals surface area contributed by atoms with E-state index >= 15 is 0 Å². The maximum absolute atomic E-state index is 13.0. The number of aliphatic hydroxyl groups is 5. The number of hydrogen-bond acceptors (Lipinski definition) is 8. The molecule has 0 spiro atoms. The Bertz CT molecular complexity index is 1300. The molecule has 9 heteroatoms. The summed E-state index contributed by atoms with van der Waals surface area (Å²) in [4.78, 5) is 13.0. The zero-order valence-corrected chi connectivity index (χ0v) is 41.9. The fraction of sp³-hybridized carbons (Fsp3) is 0.737. The first-order valence-electron chi connectivity index (χ1n) is 26.8. The predicted molar refractivity (Wildman–Crippen MR) is 276 cm³/mol. The smallest absolute Gasteiger partial charge is 0.220 e. The largest absolute Gasteiger partial charge is 0.394 e. The Labute approximate surface area is 403 Å². The van der Waals surface area contributed by atoms with Gasteiger partial charge in [-0.1, -0.05) is 208 Å². The van der Waals surface area contributed by atoms with Crippen LogP contribution in [-0.4, -0.2) is 87.5 Å². The lowest BCUT2D eigenvalue weighted by atomic mass is 9.99. The fourth-order valence-electron chi connectivity index (χ4n) is 7.94. The summed E-state index contributed by atoms with van der Waals surface area (Å²) in [7, 11) is 0. The second-order valence-corrected chi connectivity index (χ2v) is 18.3. The van der Waals surface area contributed by atoms with E-state index in [1.165, 1.54) is 116 Å². The summed E-state index contributed by atoms with van der Waals surface area (Å²) >= 11 is 0. The first-order valence-corrected chi connectivity index (χ1v) is 26.8. The van der Waals surface area contributed by atoms with Crippen molar-refractivity contribution in [3.63, 3.8) is 0 Å². The summed E-state index contributed by atoms with van der Waals surface area (Å²) in [5.41, 5.74) is 0. The molecule has 1 heterocycles. The van der Waals surface area contributed by atoms with Crippen LogP contribution in [0.3, 0.4) is 0 Å². The predicted octanol–water partition coefficient (Wildman–Crippen LogP) is 12.7. The van der Waals surface area contributed by atoms with Crippen molar-refractivity contribution in [3.05, 3.63) is 85.1 Å². The molecule has 1 amide bonds. The first kappa shape index (κ1) is 61.4. The number of hydrogen-bond donors (Lipinski definition) is 6. The highest BCUT2D eigenvalue weighted by Gasteiger charge is 2.44. The molecule has 380 valence electrons. The molecule has 0 saturated carbocycles. The van der Waals surface area contributed by atoms with E-state index in [4.69, 9.17) is 9.47 Å². The van der Waals surface area contributed by atoms with Crippen LogP contribution in [0.4, 0.5) is 0 Å². The van der Waals surface area contributed by atoms with E-state index < -0.39 is 49.5 Å². The van der Waals surface area contributed by atoms with Crippen molar-refractivity contribution >= 4 is 5.91 Å². The molecule has 9 nitrogen and oxygen atoms in total. The van der Waals surface area contributed by atoms with Gasteiger partial charge in [-0.2, -0.15) is 0 Å². The molecule has 1 rings (SSSR count). The van der Waals surface area contributed by atoms with Crippen molar-refractivity contribution < 1.29 is 39.8 Å². The zero-order valence-electron chi connectivity index (χ0n) is 41.9. The van der Waals surface area contributed by atoms with Crippen LogP contribution in [0.5, 0.6) is 0 Å². The van der Waals surface area contributed by atoms with Crippen LogP contribution in [0.15, 0.2) is 85.1 Å². The van der Waals surface area contributed by atoms with Crippen LogP contribution in [0.1, 0.15) is 213 Å². The molecule has 0 radical (unpaired) electrons. The number of amides is 1. The normalized spacial score (nSPS) is 20.5. The van der Waals surface area contributed by atoms with Crippen LogP contribution in [0, 0.1) is 0 Å². The van der Waals surface area contributed by atoms with Crippen LogP contribution in [-0.2, 0) is 14.3 Å². The van der Waals surface area contributed by atoms with E-state index in [0.29, 0.717) is 6.42 Å². The Morgan fingerprint density at radius 2 is 0.955 bits per heavy atom. The molecule has 0 aromatic carbocycles. The molecule has 0 aliphatic carbocycles. The van der Waals surface area contributed by atoms with E-state index in [1.807, 2.05) is 6.08 Å². The molecule has 1 fully saturated rings. The molecular weight excluding hydrogens is 827 g/mol. The molecule has 1 saturated heterocycles. The van der Waals surface area contributed by atoms with E-state index in [0.717, 1.165) is 77.0 Å². The average Bonchev–Trinajstić information content (AvgIpc) is 3.32. The zero-order chi connectivity index (χ0) is 48.0. The molecule has 66 heavy (non-hydrogen) atoms. The van der Waals surface area contributed by atoms with E-state index in [2.05, 4.69) is 92.1 Å². The lowest BCUT2D eigenvalue weighted by Crippen LogP contribution is -2.60. The molecule has 6 N–H and O–H groups in total. The number of carbonyl (C=O) groups excluding carboxylic acids is 1. The second kappa shape index (κ2) is 46.1. The van der Waals surface area contributed by atoms with Gasteiger partial charge in [0.1, 0.15) is 24.4 Å². The van der Waals surface area contributed by atoms with Gasteiger partial charge in [-0.05, 0) is 83.5 Å². The number of allylic oxidation sites excluding steroid dienone is 13. The summed E-state index contributed by atoms with van der Waals surface area (Å²) < 4.78 is 11.2. The summed E-state index contributed by atoms with van der Waals surface area (Å²) in [5, 5.41) is 54.3. The SMILES string of the molecule is CC/C=C\C/C=C\C/C=C\C/C=C\CCCCCCCCCCCCCCCCC(=O)NC(COC1OC(CO)C(O)C(O)C1O)C(O)/C=C/CC/C=C/CC/C=C/CCCCCCCC. The molecular formula is C57H99NO8. The van der Waals surface area contributed by atoms with Gasteiger partial charge in [0.25, 0.3) is 0 Å². The van der Waals surface area contributed by atoms with Crippen LogP contribution < -0.4 is 5.32 Å². The van der Waals surface area contributed by atoms with Gasteiger partial charge in [-0.15, -0.1) is 0 Å². The Balaban J connectivity index is 2.25. The van der Waals surface area contributed by atoms with Gasteiger partial charge in [0, 0.05) is 6.42 Å². The van der Waals surface area contributed by atoms with Crippen LogP contribution in [0.25, 0.3) is 0 Å². The summed E-state index contributed by atoms with van der Waals surface area (Å²) in [5.74, 6) is -0.195. The highest BCUT2D eigenvalue weighted by atomic mass is 16.7. The third-order valence-corrected chi connectivity index (χ3v) is 12.2. The summed E-state index contributed by atoms with van der Waals surface area (Å²) in [6, 6.07) is -0.832. The fourth-order valence-corrected chi connectivity index (χ4v) is 7.94. The van der Waals surface area contributed by atoms with Crippen molar-refractivity contribution in [1.29, 1.82) is 0 Å². The summed E-state index contributed by atoms with van der Waals surface area (Å²) in [6.45, 7) is 3.63. The molecule has 0 aromatic rings. The standard InChI is InChI=1S/C57H99NO8/c1-3-5-7-9-11-13-15-17-19-21-22-23-24-25-26-27-28-29-30-31-33-35-37-39-41-43-45-47-53(61)58-50(49-65-57-56(64)55(63)54(62)52(48-59)66-57)51(60)46-44-42-40-38-36-34-32-20-18-16-14-12-10-8-6-4-2/h5,7,11,13,17-20,22-23,36,38,44,46,50-52,54-57,59-60,62-64H,3-4,6,8-10,12,14-16,21,24-35,37,39-43,45,47-49H2,1-2H3,(H,58,61)/b7-5-,13-11-,19-17-,20-18+,23-22-,38-36+,46-44+. The topological polar surface area (TPSA) is 149 Å². The number of rotatable bonds is 44. The number of carbonyl (C=O) groups is 1. The minimum absolute atomic E-state index is 0.195. The van der Waals surface area contributed by atoms with Crippen molar-refractivity contribution in [2.75, 3.05) is 13.2 Å². The van der Waals surface area contributed by atoms with Crippen LogP contribution in [0.2, 0.25) is 0 Å². The monoisotopic (exact) mass is 926 g/mol. The average molecular weight is 926 g/mol. The Hall–Kier alpha value is -2.63. The number of aliphatic hydroxyl groups excluding tert-OH is 5. The Kier molecular flexibility index (Phi) is 42.9. The lowest BCUT2D eigenvalue weighted by Gasteiger charge is -2.40. The van der Waals surface area contributed by atoms with E-state index in [1.54, 1.807) is 6.08 Å². The van der Waals surface area contributed by atoms with E-state index in [-0.39, 0.29) is 12.5 Å². The molecule has 7 unspecified atom stereocenters. The Morgan fingerprint density at radius 1 is 0.530 bits per heavy atom. The van der Waals surface area contributed by atoms with Gasteiger partial charge in [0.15, 0.2) is 6.29 Å². The lowest BCUT2D eigenvalue weighted by molar-refractivity contribution is -0.302. The summed E-state index contributed by atoms with van der Waals surface area (Å²) in [6.07, 6.45) is 57.8. The highest BCUT2D eigenvalue weighted by molar-refractivity contribution is 5.76. The number of ether oxygens (including phenoxy) is 2. The van der Waals surface area contributed by atoms with Gasteiger partial charge in [0.2, 0.25) is 5.91 Å². The minimum atomic E-state index is -1.58. The van der Waals surface area contributed by atoms with Crippen molar-refractivity contribution in [1.82, 2.24) is 5.32 Å². The maximum atomic E-state index is 13.0. The van der Waals surface area contributed by atoms with Gasteiger partial charge < -0.3 is 40.3 Å². The van der Waals surface area contributed by atoms with Crippen molar-refractivity contribution in [2.24, 2.45) is 0 Å². The number of unbranched alkanes of at least 4 members (excludes halogenated alkanes) is 22. The first-order chi connectivity index (χ1) is 32.3. The van der Waals surface area contributed by atoms with Crippen molar-refractivity contribution in [2.45, 2.75) is 256 Å². The molecule has 0 aromatic heterocycles. The van der Waals surface area contributed by atoms with Gasteiger partial charge in [-0.3, -0.25) is 4.79 Å². The van der Waals surface area contributed by atoms with Gasteiger partial charge in [-0.25, -0.2) is 0 Å². The van der Waals surface area contributed by atoms with Gasteiger partial charge in [0.05, 0.1) is 25.4 Å². The maximum Gasteiger partial charge on any atom is 0.220 e. The third kappa shape index (κ3) is 35.5. The number of nitrogens with one attached hydrogen (secondary N) is 1. The third-order valence-electron chi connectivity index (χ3n) is 12.2. The quantitative estimate of drug-likeness (QED) is 0.0261. The molecule has 1 aliphatic heterocycles. The molecule has 7 atom stereocenters. The van der Waals surface area contributed by atoms with Gasteiger partial charge >= 0.3 is 0 Å². The Morgan fingerprint density at radius 3 is 1.45 bits per heavy atom. The molecule has 1 aliphatic rings. The van der Waals surface area contributed by atoms with E-state index in [9.17, 15) is 30.3 Å². The minimum Gasteiger partial charge on any atom is -0.394 e.